The van der Waals surface area contributed by atoms with E-state index in [2.05, 4.69) is 42.2 Å². The first kappa shape index (κ1) is 13.2. The van der Waals surface area contributed by atoms with Gasteiger partial charge in [-0.05, 0) is 40.2 Å². The number of carbonyl (C=O) groups excluding carboxylic acids is 1. The van der Waals surface area contributed by atoms with Gasteiger partial charge in [-0.3, -0.25) is 9.78 Å². The van der Waals surface area contributed by atoms with Crippen molar-refractivity contribution in [2.45, 2.75) is 0 Å². The minimum atomic E-state index is -0.499. The Hall–Kier alpha value is -1.27. The molecule has 0 saturated carbocycles. The van der Waals surface area contributed by atoms with Crippen LogP contribution in [0.25, 0.3) is 0 Å². The van der Waals surface area contributed by atoms with Gasteiger partial charge in [0, 0.05) is 21.3 Å². The Balaban J connectivity index is 2.21. The van der Waals surface area contributed by atoms with E-state index in [1.807, 2.05) is 0 Å². The number of nitrogens with one attached hydrogen (secondary N) is 1. The van der Waals surface area contributed by atoms with Crippen LogP contribution in [0.1, 0.15) is 10.4 Å². The van der Waals surface area contributed by atoms with Crippen LogP contribution in [0.15, 0.2) is 45.6 Å². The summed E-state index contributed by atoms with van der Waals surface area (Å²) >= 11 is 6.37. The standard InChI is InChI=1S/C12H7Br2FN2O/c13-8-1-2-11(10(15)4-8)17-12(18)7-3-9(14)6-16-5-7/h1-6H,(H,17,18). The zero-order chi connectivity index (χ0) is 13.1. The van der Waals surface area contributed by atoms with Gasteiger partial charge in [0.05, 0.1) is 11.3 Å². The van der Waals surface area contributed by atoms with Crippen molar-refractivity contribution in [2.24, 2.45) is 0 Å². The third kappa shape index (κ3) is 3.14. The minimum Gasteiger partial charge on any atom is -0.319 e. The van der Waals surface area contributed by atoms with Crippen molar-refractivity contribution < 1.29 is 9.18 Å². The quantitative estimate of drug-likeness (QED) is 0.864. The molecule has 0 aliphatic carbocycles. The van der Waals surface area contributed by atoms with Crippen molar-refractivity contribution >= 4 is 43.5 Å². The van der Waals surface area contributed by atoms with E-state index in [4.69, 9.17) is 0 Å². The minimum absolute atomic E-state index is 0.128. The number of halogens is 3. The van der Waals surface area contributed by atoms with Crippen LogP contribution in [0.3, 0.4) is 0 Å². The fourth-order valence-electron chi connectivity index (χ4n) is 1.32. The maximum absolute atomic E-state index is 13.5. The van der Waals surface area contributed by atoms with Crippen LogP contribution in [0.4, 0.5) is 10.1 Å². The van der Waals surface area contributed by atoms with Gasteiger partial charge in [0.2, 0.25) is 0 Å². The molecule has 0 spiro atoms. The number of hydrogen-bond acceptors (Lipinski definition) is 2. The lowest BCUT2D eigenvalue weighted by atomic mass is 10.2. The second-order valence-electron chi connectivity index (χ2n) is 3.47. The van der Waals surface area contributed by atoms with E-state index < -0.39 is 11.7 Å². The Bertz CT molecular complexity index is 604. The topological polar surface area (TPSA) is 42.0 Å². The molecule has 0 atom stereocenters. The second kappa shape index (κ2) is 5.58. The SMILES string of the molecule is O=C(Nc1ccc(Br)cc1F)c1cncc(Br)c1. The van der Waals surface area contributed by atoms with Gasteiger partial charge >= 0.3 is 0 Å². The number of carbonyl (C=O) groups is 1. The summed E-state index contributed by atoms with van der Waals surface area (Å²) in [6.45, 7) is 0. The monoisotopic (exact) mass is 372 g/mol. The van der Waals surface area contributed by atoms with Crippen LogP contribution in [0, 0.1) is 5.82 Å². The van der Waals surface area contributed by atoms with Crippen LogP contribution >= 0.6 is 31.9 Å². The molecule has 0 radical (unpaired) electrons. The maximum Gasteiger partial charge on any atom is 0.257 e. The first-order valence-corrected chi connectivity index (χ1v) is 6.52. The molecule has 1 N–H and O–H groups in total. The number of rotatable bonds is 2. The molecule has 0 saturated heterocycles. The first-order chi connectivity index (χ1) is 8.56. The predicted molar refractivity (Wildman–Crippen MR) is 74.0 cm³/mol. The highest BCUT2D eigenvalue weighted by molar-refractivity contribution is 9.10. The fraction of sp³-hybridized carbons (Fsp3) is 0. The molecule has 92 valence electrons. The Morgan fingerprint density at radius 3 is 2.61 bits per heavy atom. The van der Waals surface area contributed by atoms with Gasteiger partial charge in [0.25, 0.3) is 5.91 Å². The lowest BCUT2D eigenvalue weighted by molar-refractivity contribution is 0.102. The first-order valence-electron chi connectivity index (χ1n) is 4.93. The molecule has 0 unspecified atom stereocenters. The zero-order valence-electron chi connectivity index (χ0n) is 8.95. The summed E-state index contributed by atoms with van der Waals surface area (Å²) in [7, 11) is 0. The number of aromatic nitrogens is 1. The second-order valence-corrected chi connectivity index (χ2v) is 5.30. The highest BCUT2D eigenvalue weighted by atomic mass is 79.9. The molecule has 0 bridgehead atoms. The van der Waals surface area contributed by atoms with Crippen molar-refractivity contribution in [2.75, 3.05) is 5.32 Å². The van der Waals surface area contributed by atoms with Crippen LogP contribution in [0.5, 0.6) is 0 Å². The van der Waals surface area contributed by atoms with Crippen molar-refractivity contribution in [1.29, 1.82) is 0 Å². The third-order valence-electron chi connectivity index (χ3n) is 2.15. The molecule has 0 aliphatic heterocycles. The van der Waals surface area contributed by atoms with Crippen LogP contribution in [-0.2, 0) is 0 Å². The zero-order valence-corrected chi connectivity index (χ0v) is 12.1. The number of amides is 1. The molecule has 2 aromatic rings. The summed E-state index contributed by atoms with van der Waals surface area (Å²) in [4.78, 5) is 15.7. The number of pyridine rings is 1. The summed E-state index contributed by atoms with van der Waals surface area (Å²) in [5.41, 5.74) is 0.481. The Labute approximate surface area is 120 Å². The van der Waals surface area contributed by atoms with Gasteiger partial charge in [-0.1, -0.05) is 15.9 Å². The smallest absolute Gasteiger partial charge is 0.257 e. The third-order valence-corrected chi connectivity index (χ3v) is 3.07. The van der Waals surface area contributed by atoms with Crippen molar-refractivity contribution in [3.63, 3.8) is 0 Å². The molecule has 1 aromatic heterocycles. The Morgan fingerprint density at radius 1 is 1.17 bits per heavy atom. The van der Waals surface area contributed by atoms with Crippen molar-refractivity contribution in [1.82, 2.24) is 4.98 Å². The molecular formula is C12H7Br2FN2O. The molecule has 6 heteroatoms. The van der Waals surface area contributed by atoms with E-state index in [-0.39, 0.29) is 5.69 Å². The van der Waals surface area contributed by atoms with E-state index in [0.29, 0.717) is 14.5 Å². The number of benzene rings is 1. The lowest BCUT2D eigenvalue weighted by Crippen LogP contribution is -2.13. The van der Waals surface area contributed by atoms with Crippen LogP contribution in [0.2, 0.25) is 0 Å². The molecule has 18 heavy (non-hydrogen) atoms. The number of nitrogens with zero attached hydrogens (tertiary/aromatic N) is 1. The molecule has 1 amide bonds. The molecular weight excluding hydrogens is 367 g/mol. The molecule has 1 aromatic carbocycles. The maximum atomic E-state index is 13.5. The molecule has 1 heterocycles. The summed E-state index contributed by atoms with van der Waals surface area (Å²) in [6, 6.07) is 6.04. The largest absolute Gasteiger partial charge is 0.319 e. The molecule has 2 rings (SSSR count). The Morgan fingerprint density at radius 2 is 1.94 bits per heavy atom. The van der Waals surface area contributed by atoms with Crippen molar-refractivity contribution in [3.05, 3.63) is 57.0 Å². The predicted octanol–water partition coefficient (Wildman–Crippen LogP) is 4.00. The number of anilines is 1. The van der Waals surface area contributed by atoms with Gasteiger partial charge in [-0.15, -0.1) is 0 Å². The summed E-state index contributed by atoms with van der Waals surface area (Å²) < 4.78 is 14.8. The van der Waals surface area contributed by atoms with E-state index in [0.717, 1.165) is 0 Å². The Kier molecular flexibility index (Phi) is 4.08. The average Bonchev–Trinajstić information content (AvgIpc) is 2.32. The van der Waals surface area contributed by atoms with Crippen molar-refractivity contribution in [3.8, 4) is 0 Å². The summed E-state index contributed by atoms with van der Waals surface area (Å²) in [5, 5.41) is 2.49. The van der Waals surface area contributed by atoms with Gasteiger partial charge < -0.3 is 5.32 Å². The highest BCUT2D eigenvalue weighted by Crippen LogP contribution is 2.20. The molecule has 0 fully saturated rings. The van der Waals surface area contributed by atoms with Crippen LogP contribution < -0.4 is 5.32 Å². The van der Waals surface area contributed by atoms with E-state index in [1.54, 1.807) is 18.3 Å². The number of hydrogen-bond donors (Lipinski definition) is 1. The van der Waals surface area contributed by atoms with E-state index >= 15 is 0 Å². The van der Waals surface area contributed by atoms with E-state index in [9.17, 15) is 9.18 Å². The molecule has 0 aliphatic rings. The fourth-order valence-corrected chi connectivity index (χ4v) is 2.02. The highest BCUT2D eigenvalue weighted by Gasteiger charge is 2.10. The van der Waals surface area contributed by atoms with Gasteiger partial charge in [0.15, 0.2) is 0 Å². The molecule has 3 nitrogen and oxygen atoms in total. The normalized spacial score (nSPS) is 10.2. The lowest BCUT2D eigenvalue weighted by Gasteiger charge is -2.06. The van der Waals surface area contributed by atoms with Crippen LogP contribution in [-0.4, -0.2) is 10.9 Å². The summed E-state index contributed by atoms with van der Waals surface area (Å²) in [5.74, 6) is -0.911. The van der Waals surface area contributed by atoms with Gasteiger partial charge in [-0.25, -0.2) is 4.39 Å². The summed E-state index contributed by atoms with van der Waals surface area (Å²) in [6.07, 6.45) is 2.98. The van der Waals surface area contributed by atoms with E-state index in [1.165, 1.54) is 18.3 Å². The average molecular weight is 374 g/mol. The van der Waals surface area contributed by atoms with Gasteiger partial charge in [0.1, 0.15) is 5.82 Å². The van der Waals surface area contributed by atoms with Gasteiger partial charge in [-0.2, -0.15) is 0 Å².